The van der Waals surface area contributed by atoms with Crippen LogP contribution in [0.15, 0.2) is 48.5 Å². The van der Waals surface area contributed by atoms with Crippen LogP contribution in [-0.2, 0) is 13.0 Å². The Morgan fingerprint density at radius 2 is 1.54 bits per heavy atom. The molecule has 0 saturated heterocycles. The van der Waals surface area contributed by atoms with Crippen molar-refractivity contribution in [3.63, 3.8) is 0 Å². The Balaban J connectivity index is 1.71. The van der Waals surface area contributed by atoms with Crippen molar-refractivity contribution < 1.29 is 13.6 Å². The number of halogens is 2. The molecule has 0 saturated carbocycles. The molecule has 1 amide bonds. The van der Waals surface area contributed by atoms with E-state index in [0.29, 0.717) is 23.5 Å². The normalized spacial score (nSPS) is 10.8. The van der Waals surface area contributed by atoms with E-state index >= 15 is 0 Å². The van der Waals surface area contributed by atoms with Crippen LogP contribution >= 0.6 is 11.3 Å². The van der Waals surface area contributed by atoms with Crippen LogP contribution in [0.4, 0.5) is 8.78 Å². The summed E-state index contributed by atoms with van der Waals surface area (Å²) >= 11 is 1.35. The smallest absolute Gasteiger partial charge is 0.265 e. The van der Waals surface area contributed by atoms with Crippen LogP contribution in [0.2, 0.25) is 0 Å². The molecule has 2 aromatic carbocycles. The lowest BCUT2D eigenvalue weighted by molar-refractivity contribution is 0.0789. The zero-order chi connectivity index (χ0) is 18.7. The van der Waals surface area contributed by atoms with Crippen LogP contribution in [0.1, 0.15) is 31.5 Å². The number of carbonyl (C=O) groups excluding carboxylic acids is 1. The first-order valence-corrected chi connectivity index (χ1v) is 8.94. The number of amides is 1. The summed E-state index contributed by atoms with van der Waals surface area (Å²) in [5, 5.41) is 0.813. The monoisotopic (exact) mass is 372 g/mol. The topological polar surface area (TPSA) is 33.2 Å². The maximum Gasteiger partial charge on any atom is 0.265 e. The van der Waals surface area contributed by atoms with Crippen molar-refractivity contribution >= 4 is 17.2 Å². The molecule has 26 heavy (non-hydrogen) atoms. The molecule has 0 atom stereocenters. The van der Waals surface area contributed by atoms with Gasteiger partial charge in [0.2, 0.25) is 0 Å². The number of benzene rings is 2. The van der Waals surface area contributed by atoms with E-state index in [2.05, 4.69) is 4.98 Å². The summed E-state index contributed by atoms with van der Waals surface area (Å²) < 4.78 is 26.0. The molecule has 134 valence electrons. The van der Waals surface area contributed by atoms with E-state index in [0.717, 1.165) is 16.1 Å². The Labute approximate surface area is 154 Å². The maximum atomic E-state index is 13.0. The lowest BCUT2D eigenvalue weighted by Gasteiger charge is -2.16. The number of thiazole rings is 1. The van der Waals surface area contributed by atoms with Crippen molar-refractivity contribution in [1.82, 2.24) is 9.88 Å². The molecular weight excluding hydrogens is 354 g/mol. The van der Waals surface area contributed by atoms with E-state index < -0.39 is 0 Å². The molecule has 0 fully saturated rings. The van der Waals surface area contributed by atoms with Crippen molar-refractivity contribution in [2.24, 2.45) is 0 Å². The standard InChI is InChI=1S/C20H18F2N2OS/c1-13-19(20(25)24(2)12-15-5-9-17(22)10-6-15)26-18(23-13)11-14-3-7-16(21)8-4-14/h3-10H,11-12H2,1-2H3. The third kappa shape index (κ3) is 4.32. The fourth-order valence-corrected chi connectivity index (χ4v) is 3.71. The van der Waals surface area contributed by atoms with Gasteiger partial charge in [0.1, 0.15) is 16.5 Å². The van der Waals surface area contributed by atoms with Gasteiger partial charge in [-0.1, -0.05) is 24.3 Å². The molecule has 6 heteroatoms. The molecule has 1 aromatic heterocycles. The second-order valence-electron chi connectivity index (χ2n) is 6.11. The van der Waals surface area contributed by atoms with Crippen LogP contribution in [0.3, 0.4) is 0 Å². The molecule has 0 radical (unpaired) electrons. The molecule has 0 spiro atoms. The summed E-state index contributed by atoms with van der Waals surface area (Å²) in [5.41, 5.74) is 2.48. The van der Waals surface area contributed by atoms with Crippen molar-refractivity contribution in [3.8, 4) is 0 Å². The second-order valence-corrected chi connectivity index (χ2v) is 7.20. The fraction of sp³-hybridized carbons (Fsp3) is 0.200. The third-order valence-corrected chi connectivity index (χ3v) is 5.13. The SMILES string of the molecule is Cc1nc(Cc2ccc(F)cc2)sc1C(=O)N(C)Cc1ccc(F)cc1. The molecule has 3 nitrogen and oxygen atoms in total. The van der Waals surface area contributed by atoms with Crippen LogP contribution in [0, 0.1) is 18.6 Å². The molecule has 0 unspecified atom stereocenters. The third-order valence-electron chi connectivity index (χ3n) is 3.98. The van der Waals surface area contributed by atoms with Crippen LogP contribution in [0.25, 0.3) is 0 Å². The van der Waals surface area contributed by atoms with Gasteiger partial charge in [-0.05, 0) is 42.3 Å². The van der Waals surface area contributed by atoms with Crippen molar-refractivity contribution in [2.45, 2.75) is 19.9 Å². The lowest BCUT2D eigenvalue weighted by atomic mass is 10.1. The minimum Gasteiger partial charge on any atom is -0.337 e. The summed E-state index contributed by atoms with van der Waals surface area (Å²) in [4.78, 5) is 19.4. The predicted octanol–water partition coefficient (Wildman–Crippen LogP) is 4.59. The highest BCUT2D eigenvalue weighted by Gasteiger charge is 2.19. The number of aryl methyl sites for hydroxylation is 1. The van der Waals surface area contributed by atoms with Gasteiger partial charge in [-0.15, -0.1) is 11.3 Å². The van der Waals surface area contributed by atoms with Crippen molar-refractivity contribution in [3.05, 3.63) is 86.9 Å². The van der Waals surface area contributed by atoms with E-state index in [-0.39, 0.29) is 17.5 Å². The average Bonchev–Trinajstić information content (AvgIpc) is 2.98. The Bertz CT molecular complexity index is 905. The zero-order valence-corrected chi connectivity index (χ0v) is 15.3. The highest BCUT2D eigenvalue weighted by molar-refractivity contribution is 7.13. The second kappa shape index (κ2) is 7.74. The molecule has 0 aliphatic rings. The van der Waals surface area contributed by atoms with Gasteiger partial charge < -0.3 is 4.90 Å². The Morgan fingerprint density at radius 1 is 1.00 bits per heavy atom. The average molecular weight is 372 g/mol. The van der Waals surface area contributed by atoms with Gasteiger partial charge in [0.15, 0.2) is 0 Å². The van der Waals surface area contributed by atoms with Crippen LogP contribution in [0.5, 0.6) is 0 Å². The largest absolute Gasteiger partial charge is 0.337 e. The molecule has 3 rings (SSSR count). The van der Waals surface area contributed by atoms with E-state index in [1.807, 2.05) is 6.92 Å². The van der Waals surface area contributed by atoms with Crippen LogP contribution < -0.4 is 0 Å². The number of hydrogen-bond acceptors (Lipinski definition) is 3. The van der Waals surface area contributed by atoms with Gasteiger partial charge in [-0.25, -0.2) is 13.8 Å². The van der Waals surface area contributed by atoms with Gasteiger partial charge in [0.25, 0.3) is 5.91 Å². The fourth-order valence-electron chi connectivity index (χ4n) is 2.61. The molecule has 0 N–H and O–H groups in total. The van der Waals surface area contributed by atoms with Crippen LogP contribution in [-0.4, -0.2) is 22.8 Å². The first kappa shape index (κ1) is 18.2. The summed E-state index contributed by atoms with van der Waals surface area (Å²) in [5.74, 6) is -0.691. The number of hydrogen-bond donors (Lipinski definition) is 0. The highest BCUT2D eigenvalue weighted by Crippen LogP contribution is 2.23. The molecule has 0 aliphatic heterocycles. The Kier molecular flexibility index (Phi) is 5.42. The Hall–Kier alpha value is -2.60. The van der Waals surface area contributed by atoms with Gasteiger partial charge in [-0.2, -0.15) is 0 Å². The quantitative estimate of drug-likeness (QED) is 0.656. The Morgan fingerprint density at radius 3 is 2.12 bits per heavy atom. The highest BCUT2D eigenvalue weighted by atomic mass is 32.1. The van der Waals surface area contributed by atoms with Gasteiger partial charge in [0, 0.05) is 20.0 Å². The molecule has 1 heterocycles. The van der Waals surface area contributed by atoms with E-state index in [1.165, 1.54) is 35.6 Å². The first-order valence-electron chi connectivity index (χ1n) is 8.13. The maximum absolute atomic E-state index is 13.0. The predicted molar refractivity (Wildman–Crippen MR) is 98.3 cm³/mol. The number of nitrogens with zero attached hydrogens (tertiary/aromatic N) is 2. The summed E-state index contributed by atoms with van der Waals surface area (Å²) in [6, 6.07) is 12.4. The van der Waals surface area contributed by atoms with Crippen molar-refractivity contribution in [2.75, 3.05) is 7.05 Å². The number of rotatable bonds is 5. The van der Waals surface area contributed by atoms with E-state index in [4.69, 9.17) is 0 Å². The van der Waals surface area contributed by atoms with Gasteiger partial charge in [0.05, 0.1) is 10.7 Å². The minimum absolute atomic E-state index is 0.116. The lowest BCUT2D eigenvalue weighted by Crippen LogP contribution is -2.26. The molecule has 0 bridgehead atoms. The van der Waals surface area contributed by atoms with E-state index in [9.17, 15) is 13.6 Å². The van der Waals surface area contributed by atoms with Crippen molar-refractivity contribution in [1.29, 1.82) is 0 Å². The number of aromatic nitrogens is 1. The number of carbonyl (C=O) groups is 1. The molecule has 3 aromatic rings. The van der Waals surface area contributed by atoms with E-state index in [1.54, 1.807) is 36.2 Å². The van der Waals surface area contributed by atoms with Gasteiger partial charge in [-0.3, -0.25) is 4.79 Å². The zero-order valence-electron chi connectivity index (χ0n) is 14.5. The first-order chi connectivity index (χ1) is 12.4. The summed E-state index contributed by atoms with van der Waals surface area (Å²) in [6.07, 6.45) is 0.556. The summed E-state index contributed by atoms with van der Waals surface area (Å²) in [6.45, 7) is 2.20. The molecule has 0 aliphatic carbocycles. The minimum atomic E-state index is -0.300. The van der Waals surface area contributed by atoms with Gasteiger partial charge >= 0.3 is 0 Å². The summed E-state index contributed by atoms with van der Waals surface area (Å²) in [7, 11) is 1.71. The molecular formula is C20H18F2N2OS.